The van der Waals surface area contributed by atoms with E-state index in [9.17, 15) is 9.90 Å². The van der Waals surface area contributed by atoms with Crippen molar-refractivity contribution in [3.63, 3.8) is 0 Å². The van der Waals surface area contributed by atoms with Crippen molar-refractivity contribution in [2.75, 3.05) is 17.9 Å². The van der Waals surface area contributed by atoms with Gasteiger partial charge in [-0.2, -0.15) is 0 Å². The number of anilines is 2. The Morgan fingerprint density at radius 2 is 1.46 bits per heavy atom. The minimum absolute atomic E-state index is 0.0850. The van der Waals surface area contributed by atoms with Crippen molar-refractivity contribution in [3.05, 3.63) is 144 Å². The monoisotopic (exact) mass is 632 g/mol. The van der Waals surface area contributed by atoms with Gasteiger partial charge >= 0.3 is 0 Å². The van der Waals surface area contributed by atoms with Crippen LogP contribution in [0.3, 0.4) is 0 Å². The van der Waals surface area contributed by atoms with E-state index in [2.05, 4.69) is 45.3 Å². The van der Waals surface area contributed by atoms with Crippen molar-refractivity contribution in [2.45, 2.75) is 13.5 Å². The summed E-state index contributed by atoms with van der Waals surface area (Å²) in [5.74, 6) is -0.240. The Morgan fingerprint density at radius 1 is 0.708 bits per heavy atom. The zero-order valence-electron chi connectivity index (χ0n) is 26.4. The number of ether oxygens (including phenoxy) is 1. The Labute approximate surface area is 277 Å². The fourth-order valence-corrected chi connectivity index (χ4v) is 5.70. The number of hydrogen-bond donors (Lipinski definition) is 3. The molecule has 0 aliphatic heterocycles. The normalized spacial score (nSPS) is 11.4. The predicted octanol–water partition coefficient (Wildman–Crippen LogP) is 10.4. The van der Waals surface area contributed by atoms with Gasteiger partial charge in [-0.25, -0.2) is 0 Å². The van der Waals surface area contributed by atoms with E-state index in [-0.39, 0.29) is 23.6 Å². The number of methoxy groups -OCH3 is 1. The molecule has 0 aliphatic carbocycles. The lowest BCUT2D eigenvalue weighted by Gasteiger charge is -2.13. The number of carbonyl (C=O) groups is 1. The number of nitrogens with zero attached hydrogens (tertiary/aromatic N) is 2. The van der Waals surface area contributed by atoms with Crippen LogP contribution in [0, 0.1) is 6.92 Å². The lowest BCUT2D eigenvalue weighted by atomic mass is 10.0. The molecule has 0 heterocycles. The zero-order chi connectivity index (χ0) is 33.0. The number of phenolic OH excluding ortho intramolecular Hbond substituents is 1. The molecule has 7 aromatic carbocycles. The van der Waals surface area contributed by atoms with E-state index in [1.54, 1.807) is 25.3 Å². The summed E-state index contributed by atoms with van der Waals surface area (Å²) >= 11 is 0. The van der Waals surface area contributed by atoms with Gasteiger partial charge in [-0.1, -0.05) is 78.4 Å². The number of hydrogen-bond acceptors (Lipinski definition) is 7. The first kappa shape index (κ1) is 30.4. The van der Waals surface area contributed by atoms with Crippen LogP contribution in [0.15, 0.2) is 138 Å². The fraction of sp³-hybridized carbons (Fsp3) is 0.0750. The first-order valence-corrected chi connectivity index (χ1v) is 15.5. The summed E-state index contributed by atoms with van der Waals surface area (Å²) in [6, 6.07) is 40.6. The molecule has 0 saturated heterocycles. The third-order valence-corrected chi connectivity index (χ3v) is 8.15. The van der Waals surface area contributed by atoms with Crippen molar-refractivity contribution >= 4 is 61.0 Å². The van der Waals surface area contributed by atoms with Crippen molar-refractivity contribution in [3.8, 4) is 11.5 Å². The Hall–Kier alpha value is -6.25. The number of aryl methyl sites for hydroxylation is 1. The molecule has 0 fully saturated rings. The highest BCUT2D eigenvalue weighted by molar-refractivity contribution is 6.12. The molecule has 8 heteroatoms. The Kier molecular flexibility index (Phi) is 8.38. The van der Waals surface area contributed by atoms with Gasteiger partial charge in [-0.05, 0) is 94.0 Å². The molecular formula is C40H32N4O4. The molecule has 7 aromatic rings. The lowest BCUT2D eigenvalue weighted by Crippen LogP contribution is -2.12. The van der Waals surface area contributed by atoms with Crippen molar-refractivity contribution < 1.29 is 19.5 Å². The smallest absolute Gasteiger partial charge is 0.259 e. The van der Waals surface area contributed by atoms with E-state index in [0.29, 0.717) is 22.5 Å². The molecule has 8 nitrogen and oxygen atoms in total. The molecule has 48 heavy (non-hydrogen) atoms. The first-order valence-electron chi connectivity index (χ1n) is 15.5. The van der Waals surface area contributed by atoms with Gasteiger partial charge in [0.2, 0.25) is 0 Å². The number of phenols is 1. The van der Waals surface area contributed by atoms with Crippen LogP contribution in [-0.4, -0.2) is 18.1 Å². The largest absolute Gasteiger partial charge is 0.505 e. The standard InChI is InChI=1S/C40H32N4O4/c1-25-12-16-34-31(18-25)23-35(40(46)41-33-15-14-29-20-27-8-6-7-9-28(27)21-30(29)22-33)39(45)38(34)43-42-36-19-26(13-17-37(36)47-2)24-48-44-32-10-4-3-5-11-32/h3-23,44-45H,24H2,1-2H3,(H,41,46). The van der Waals surface area contributed by atoms with Gasteiger partial charge < -0.3 is 15.2 Å². The fourth-order valence-electron chi connectivity index (χ4n) is 5.70. The van der Waals surface area contributed by atoms with E-state index in [1.807, 2.05) is 91.9 Å². The summed E-state index contributed by atoms with van der Waals surface area (Å²) in [6.45, 7) is 2.23. The number of benzene rings is 7. The molecule has 0 unspecified atom stereocenters. The summed E-state index contributed by atoms with van der Waals surface area (Å²) in [5, 5.41) is 29.2. The third-order valence-electron chi connectivity index (χ3n) is 8.15. The molecule has 236 valence electrons. The maximum atomic E-state index is 13.7. The highest BCUT2D eigenvalue weighted by Crippen LogP contribution is 2.41. The predicted molar refractivity (Wildman–Crippen MR) is 192 cm³/mol. The zero-order valence-corrected chi connectivity index (χ0v) is 26.4. The number of carbonyl (C=O) groups excluding carboxylic acids is 1. The van der Waals surface area contributed by atoms with Gasteiger partial charge in [0.25, 0.3) is 5.91 Å². The Morgan fingerprint density at radius 3 is 2.25 bits per heavy atom. The Balaban J connectivity index is 1.19. The van der Waals surface area contributed by atoms with Crippen molar-refractivity contribution in [1.29, 1.82) is 0 Å². The van der Waals surface area contributed by atoms with Gasteiger partial charge in [-0.3, -0.25) is 15.1 Å². The molecular weight excluding hydrogens is 600 g/mol. The summed E-state index contributed by atoms with van der Waals surface area (Å²) in [4.78, 5) is 19.4. The van der Waals surface area contributed by atoms with Crippen LogP contribution in [0.2, 0.25) is 0 Å². The van der Waals surface area contributed by atoms with Crippen LogP contribution in [0.25, 0.3) is 32.3 Å². The summed E-state index contributed by atoms with van der Waals surface area (Å²) in [5.41, 5.74) is 6.91. The van der Waals surface area contributed by atoms with Crippen LogP contribution in [0.5, 0.6) is 11.5 Å². The average molecular weight is 633 g/mol. The molecule has 3 N–H and O–H groups in total. The van der Waals surface area contributed by atoms with Gasteiger partial charge in [0.05, 0.1) is 25.0 Å². The highest BCUT2D eigenvalue weighted by atomic mass is 16.6. The molecule has 0 aliphatic rings. The molecule has 0 aromatic heterocycles. The topological polar surface area (TPSA) is 105 Å². The van der Waals surface area contributed by atoms with Gasteiger partial charge in [-0.15, -0.1) is 10.2 Å². The number of azo groups is 1. The maximum Gasteiger partial charge on any atom is 0.259 e. The molecule has 0 radical (unpaired) electrons. The number of amides is 1. The van der Waals surface area contributed by atoms with Crippen molar-refractivity contribution in [2.24, 2.45) is 10.2 Å². The van der Waals surface area contributed by atoms with Gasteiger partial charge in [0, 0.05) is 11.1 Å². The molecule has 0 spiro atoms. The van der Waals surface area contributed by atoms with Crippen LogP contribution < -0.4 is 15.5 Å². The van der Waals surface area contributed by atoms with Crippen molar-refractivity contribution in [1.82, 2.24) is 0 Å². The van der Waals surface area contributed by atoms with Gasteiger partial charge in [0.1, 0.15) is 17.1 Å². The minimum Gasteiger partial charge on any atom is -0.505 e. The van der Waals surface area contributed by atoms with E-state index in [0.717, 1.165) is 43.7 Å². The molecule has 1 amide bonds. The van der Waals surface area contributed by atoms with Crippen LogP contribution >= 0.6 is 0 Å². The summed E-state index contributed by atoms with van der Waals surface area (Å²) in [7, 11) is 1.55. The number of aromatic hydroxyl groups is 1. The molecule has 0 atom stereocenters. The van der Waals surface area contributed by atoms with Crippen LogP contribution in [0.1, 0.15) is 21.5 Å². The molecule has 7 rings (SSSR count). The second-order valence-electron chi connectivity index (χ2n) is 11.5. The first-order chi connectivity index (χ1) is 23.4. The van der Waals surface area contributed by atoms with Crippen LogP contribution in [0.4, 0.5) is 22.7 Å². The summed E-state index contributed by atoms with van der Waals surface area (Å²) in [6.07, 6.45) is 0. The molecule has 0 saturated carbocycles. The number of fused-ring (bicyclic) bond motifs is 3. The quantitative estimate of drug-likeness (QED) is 0.0834. The Bertz CT molecular complexity index is 2340. The SMILES string of the molecule is COc1ccc(CONc2ccccc2)cc1N=Nc1c(O)c(C(=O)Nc2ccc3cc4ccccc4cc3c2)cc2cc(C)ccc12. The molecule has 0 bridgehead atoms. The van der Waals surface area contributed by atoms with E-state index < -0.39 is 5.91 Å². The van der Waals surface area contributed by atoms with Gasteiger partial charge in [0.15, 0.2) is 5.75 Å². The lowest BCUT2D eigenvalue weighted by molar-refractivity contribution is 0.102. The number of nitrogens with one attached hydrogen (secondary N) is 2. The van der Waals surface area contributed by atoms with Crippen LogP contribution in [-0.2, 0) is 11.4 Å². The maximum absolute atomic E-state index is 13.7. The number of para-hydroxylation sites is 1. The highest BCUT2D eigenvalue weighted by Gasteiger charge is 2.19. The third kappa shape index (κ3) is 6.38. The van der Waals surface area contributed by atoms with E-state index in [1.165, 1.54) is 0 Å². The second-order valence-corrected chi connectivity index (χ2v) is 11.5. The summed E-state index contributed by atoms with van der Waals surface area (Å²) < 4.78 is 5.54. The minimum atomic E-state index is -0.463. The number of rotatable bonds is 9. The van der Waals surface area contributed by atoms with E-state index in [4.69, 9.17) is 9.57 Å². The second kappa shape index (κ2) is 13.2. The average Bonchev–Trinajstić information content (AvgIpc) is 3.10. The van der Waals surface area contributed by atoms with E-state index >= 15 is 0 Å².